The van der Waals surface area contributed by atoms with Crippen molar-refractivity contribution in [1.82, 2.24) is 0 Å². The second kappa shape index (κ2) is 5.96. The topological polar surface area (TPSA) is 78.3 Å². The van der Waals surface area contributed by atoms with Crippen molar-refractivity contribution in [3.63, 3.8) is 0 Å². The zero-order chi connectivity index (χ0) is 14.7. The Kier molecular flexibility index (Phi) is 4.29. The van der Waals surface area contributed by atoms with Crippen molar-refractivity contribution < 1.29 is 9.53 Å². The third-order valence-electron chi connectivity index (χ3n) is 2.74. The normalized spacial score (nSPS) is 10.3. The molecule has 5 heteroatoms. The molecule has 0 bridgehead atoms. The van der Waals surface area contributed by atoms with Gasteiger partial charge in [0.15, 0.2) is 5.78 Å². The summed E-state index contributed by atoms with van der Waals surface area (Å²) < 4.78 is 6.06. The van der Waals surface area contributed by atoms with Gasteiger partial charge in [-0.1, -0.05) is 0 Å². The predicted octanol–water partition coefficient (Wildman–Crippen LogP) is 3.24. The molecule has 4 N–H and O–H groups in total. The smallest absolute Gasteiger partial charge is 0.194 e. The van der Waals surface area contributed by atoms with E-state index in [0.29, 0.717) is 39.3 Å². The van der Waals surface area contributed by atoms with Gasteiger partial charge in [-0.3, -0.25) is 4.79 Å². The maximum absolute atomic E-state index is 12.5. The third-order valence-corrected chi connectivity index (χ3v) is 3.39. The summed E-state index contributed by atoms with van der Waals surface area (Å²) in [7, 11) is 0. The molecule has 2 aromatic rings. The van der Waals surface area contributed by atoms with Gasteiger partial charge in [0.1, 0.15) is 5.75 Å². The van der Waals surface area contributed by atoms with Gasteiger partial charge in [-0.05, 0) is 59.3 Å². The Morgan fingerprint density at radius 2 is 1.80 bits per heavy atom. The van der Waals surface area contributed by atoms with Crippen LogP contribution >= 0.6 is 15.9 Å². The molecule has 20 heavy (non-hydrogen) atoms. The van der Waals surface area contributed by atoms with Gasteiger partial charge in [-0.25, -0.2) is 0 Å². The Labute approximate surface area is 125 Å². The number of anilines is 2. The molecular formula is C15H15BrN2O2. The number of hydrogen-bond donors (Lipinski definition) is 2. The second-order valence-corrected chi connectivity index (χ2v) is 5.15. The van der Waals surface area contributed by atoms with Crippen LogP contribution in [-0.4, -0.2) is 12.4 Å². The van der Waals surface area contributed by atoms with Crippen LogP contribution in [0.4, 0.5) is 11.4 Å². The van der Waals surface area contributed by atoms with Crippen LogP contribution in [0.5, 0.6) is 5.75 Å². The number of rotatable bonds is 4. The molecule has 104 valence electrons. The Morgan fingerprint density at radius 3 is 2.35 bits per heavy atom. The maximum atomic E-state index is 12.5. The first-order valence-electron chi connectivity index (χ1n) is 6.14. The van der Waals surface area contributed by atoms with E-state index in [2.05, 4.69) is 15.9 Å². The summed E-state index contributed by atoms with van der Waals surface area (Å²) >= 11 is 3.39. The van der Waals surface area contributed by atoms with E-state index in [4.69, 9.17) is 16.2 Å². The summed E-state index contributed by atoms with van der Waals surface area (Å²) in [6.45, 7) is 2.48. The minimum absolute atomic E-state index is 0.140. The highest BCUT2D eigenvalue weighted by atomic mass is 79.9. The van der Waals surface area contributed by atoms with Gasteiger partial charge in [0.2, 0.25) is 0 Å². The standard InChI is InChI=1S/C15H15BrN2O2/c1-2-20-12-3-4-13(14(16)8-12)15(19)9-5-10(17)7-11(18)6-9/h3-8H,2,17-18H2,1H3. The molecule has 0 saturated carbocycles. The molecule has 0 aliphatic rings. The van der Waals surface area contributed by atoms with Crippen LogP contribution in [0.1, 0.15) is 22.8 Å². The highest BCUT2D eigenvalue weighted by Gasteiger charge is 2.14. The fraction of sp³-hybridized carbons (Fsp3) is 0.133. The summed E-state index contributed by atoms with van der Waals surface area (Å²) in [4.78, 5) is 12.5. The van der Waals surface area contributed by atoms with Gasteiger partial charge < -0.3 is 16.2 Å². The van der Waals surface area contributed by atoms with Crippen LogP contribution in [0.15, 0.2) is 40.9 Å². The van der Waals surface area contributed by atoms with E-state index in [-0.39, 0.29) is 5.78 Å². The fourth-order valence-corrected chi connectivity index (χ4v) is 2.44. The van der Waals surface area contributed by atoms with Crippen LogP contribution in [0.25, 0.3) is 0 Å². The lowest BCUT2D eigenvalue weighted by Gasteiger charge is -2.08. The minimum Gasteiger partial charge on any atom is -0.494 e. The summed E-state index contributed by atoms with van der Waals surface area (Å²) in [5.41, 5.74) is 13.4. The third kappa shape index (κ3) is 3.11. The quantitative estimate of drug-likeness (QED) is 0.664. The molecule has 0 heterocycles. The van der Waals surface area contributed by atoms with Gasteiger partial charge >= 0.3 is 0 Å². The van der Waals surface area contributed by atoms with E-state index in [9.17, 15) is 4.79 Å². The molecule has 0 aromatic heterocycles. The van der Waals surface area contributed by atoms with Gasteiger partial charge in [-0.2, -0.15) is 0 Å². The zero-order valence-electron chi connectivity index (χ0n) is 11.0. The number of carbonyl (C=O) groups is 1. The average molecular weight is 335 g/mol. The zero-order valence-corrected chi connectivity index (χ0v) is 12.6. The van der Waals surface area contributed by atoms with Crippen LogP contribution < -0.4 is 16.2 Å². The van der Waals surface area contributed by atoms with Crippen LogP contribution in [-0.2, 0) is 0 Å². The Bertz CT molecular complexity index is 636. The lowest BCUT2D eigenvalue weighted by Crippen LogP contribution is -2.05. The fourth-order valence-electron chi connectivity index (χ4n) is 1.90. The van der Waals surface area contributed by atoms with E-state index in [1.54, 1.807) is 36.4 Å². The molecule has 0 aliphatic carbocycles. The SMILES string of the molecule is CCOc1ccc(C(=O)c2cc(N)cc(N)c2)c(Br)c1. The van der Waals surface area contributed by atoms with Gasteiger partial charge in [0, 0.05) is 27.0 Å². The summed E-state index contributed by atoms with van der Waals surface area (Å²) in [5, 5.41) is 0. The van der Waals surface area contributed by atoms with Crippen molar-refractivity contribution in [3.8, 4) is 5.75 Å². The van der Waals surface area contributed by atoms with Gasteiger partial charge in [-0.15, -0.1) is 0 Å². The van der Waals surface area contributed by atoms with Crippen LogP contribution in [0.3, 0.4) is 0 Å². The molecule has 2 rings (SSSR count). The number of halogens is 1. The molecule has 4 nitrogen and oxygen atoms in total. The first-order valence-corrected chi connectivity index (χ1v) is 6.93. The number of nitrogen functional groups attached to an aromatic ring is 2. The minimum atomic E-state index is -0.140. The van der Waals surface area contributed by atoms with E-state index in [1.807, 2.05) is 6.92 Å². The molecule has 0 atom stereocenters. The summed E-state index contributed by atoms with van der Waals surface area (Å²) in [5.74, 6) is 0.571. The highest BCUT2D eigenvalue weighted by Crippen LogP contribution is 2.26. The van der Waals surface area contributed by atoms with E-state index in [1.165, 1.54) is 0 Å². The second-order valence-electron chi connectivity index (χ2n) is 4.29. The summed E-state index contributed by atoms with van der Waals surface area (Å²) in [6.07, 6.45) is 0. The number of carbonyl (C=O) groups excluding carboxylic acids is 1. The van der Waals surface area contributed by atoms with E-state index in [0.717, 1.165) is 0 Å². The molecular weight excluding hydrogens is 320 g/mol. The molecule has 0 amide bonds. The van der Waals surface area contributed by atoms with Gasteiger partial charge in [0.05, 0.1) is 6.61 Å². The van der Waals surface area contributed by atoms with Crippen molar-refractivity contribution in [2.45, 2.75) is 6.92 Å². The number of ketones is 1. The lowest BCUT2D eigenvalue weighted by molar-refractivity contribution is 0.103. The largest absolute Gasteiger partial charge is 0.494 e. The van der Waals surface area contributed by atoms with Crippen molar-refractivity contribution in [1.29, 1.82) is 0 Å². The molecule has 0 aliphatic heterocycles. The molecule has 0 unspecified atom stereocenters. The Hall–Kier alpha value is -2.01. The predicted molar refractivity (Wildman–Crippen MR) is 84.0 cm³/mol. The van der Waals surface area contributed by atoms with E-state index >= 15 is 0 Å². The maximum Gasteiger partial charge on any atom is 0.194 e. The van der Waals surface area contributed by atoms with E-state index < -0.39 is 0 Å². The summed E-state index contributed by atoms with van der Waals surface area (Å²) in [6, 6.07) is 10.1. The number of hydrogen-bond acceptors (Lipinski definition) is 4. The molecule has 0 radical (unpaired) electrons. The van der Waals surface area contributed by atoms with Crippen molar-refractivity contribution >= 4 is 33.1 Å². The number of nitrogens with two attached hydrogens (primary N) is 2. The molecule has 2 aromatic carbocycles. The first kappa shape index (κ1) is 14.4. The first-order chi connectivity index (χ1) is 9.51. The van der Waals surface area contributed by atoms with Gasteiger partial charge in [0.25, 0.3) is 0 Å². The molecule has 0 fully saturated rings. The van der Waals surface area contributed by atoms with Crippen molar-refractivity contribution in [3.05, 3.63) is 52.0 Å². The number of benzene rings is 2. The average Bonchev–Trinajstić information content (AvgIpc) is 2.37. The highest BCUT2D eigenvalue weighted by molar-refractivity contribution is 9.10. The number of ether oxygens (including phenoxy) is 1. The van der Waals surface area contributed by atoms with Crippen LogP contribution in [0.2, 0.25) is 0 Å². The molecule has 0 spiro atoms. The monoisotopic (exact) mass is 334 g/mol. The van der Waals surface area contributed by atoms with Crippen molar-refractivity contribution in [2.75, 3.05) is 18.1 Å². The Morgan fingerprint density at radius 1 is 1.15 bits per heavy atom. The molecule has 0 saturated heterocycles. The van der Waals surface area contributed by atoms with Crippen LogP contribution in [0, 0.1) is 0 Å². The van der Waals surface area contributed by atoms with Crippen molar-refractivity contribution in [2.24, 2.45) is 0 Å². The lowest BCUT2D eigenvalue weighted by atomic mass is 10.0. The Balaban J connectivity index is 2.38.